The van der Waals surface area contributed by atoms with Crippen LogP contribution in [0.15, 0.2) is 18.2 Å². The van der Waals surface area contributed by atoms with Gasteiger partial charge in [0.1, 0.15) is 0 Å². The normalized spacial score (nSPS) is 21.2. The van der Waals surface area contributed by atoms with E-state index in [-0.39, 0.29) is 0 Å². The van der Waals surface area contributed by atoms with Crippen molar-refractivity contribution in [2.24, 2.45) is 5.92 Å². The van der Waals surface area contributed by atoms with Crippen molar-refractivity contribution < 1.29 is 14.2 Å². The van der Waals surface area contributed by atoms with Gasteiger partial charge < -0.3 is 19.5 Å². The van der Waals surface area contributed by atoms with Gasteiger partial charge in [0, 0.05) is 13.7 Å². The van der Waals surface area contributed by atoms with E-state index in [1.807, 2.05) is 6.07 Å². The van der Waals surface area contributed by atoms with Crippen LogP contribution in [0.2, 0.25) is 0 Å². The molecule has 0 aromatic heterocycles. The van der Waals surface area contributed by atoms with Crippen LogP contribution in [0.5, 0.6) is 11.5 Å². The van der Waals surface area contributed by atoms with E-state index in [1.165, 1.54) is 12.0 Å². The van der Waals surface area contributed by atoms with E-state index in [2.05, 4.69) is 17.4 Å². The third-order valence-electron chi connectivity index (χ3n) is 3.65. The standard InChI is InChI=1S/C15H23NO3/c1-17-7-6-16-10-12-8-13(12)11-4-5-14(18-2)15(9-11)19-3/h4-5,9,12-13,16H,6-8,10H2,1-3H3. The zero-order valence-corrected chi connectivity index (χ0v) is 11.9. The third-order valence-corrected chi connectivity index (χ3v) is 3.65. The molecule has 2 rings (SSSR count). The van der Waals surface area contributed by atoms with Gasteiger partial charge in [0.25, 0.3) is 0 Å². The highest BCUT2D eigenvalue weighted by Crippen LogP contribution is 2.48. The molecule has 1 aliphatic carbocycles. The van der Waals surface area contributed by atoms with Crippen molar-refractivity contribution in [1.29, 1.82) is 0 Å². The van der Waals surface area contributed by atoms with Crippen molar-refractivity contribution in [3.8, 4) is 11.5 Å². The lowest BCUT2D eigenvalue weighted by molar-refractivity contribution is 0.199. The van der Waals surface area contributed by atoms with Gasteiger partial charge in [-0.2, -0.15) is 0 Å². The number of rotatable bonds is 8. The predicted octanol–water partition coefficient (Wildman–Crippen LogP) is 2.04. The average Bonchev–Trinajstić information content (AvgIpc) is 3.22. The first-order valence-electron chi connectivity index (χ1n) is 6.71. The van der Waals surface area contributed by atoms with Crippen LogP contribution in [0.25, 0.3) is 0 Å². The first-order chi connectivity index (χ1) is 9.30. The van der Waals surface area contributed by atoms with E-state index in [9.17, 15) is 0 Å². The van der Waals surface area contributed by atoms with E-state index in [4.69, 9.17) is 14.2 Å². The van der Waals surface area contributed by atoms with Crippen molar-refractivity contribution in [1.82, 2.24) is 5.32 Å². The molecule has 1 saturated carbocycles. The van der Waals surface area contributed by atoms with Gasteiger partial charge >= 0.3 is 0 Å². The van der Waals surface area contributed by atoms with E-state index >= 15 is 0 Å². The van der Waals surface area contributed by atoms with Gasteiger partial charge in [-0.3, -0.25) is 0 Å². The zero-order valence-electron chi connectivity index (χ0n) is 11.9. The molecule has 2 atom stereocenters. The average molecular weight is 265 g/mol. The SMILES string of the molecule is COCCNCC1CC1c1ccc(OC)c(OC)c1. The molecule has 1 aliphatic rings. The molecule has 1 aromatic rings. The molecular weight excluding hydrogens is 242 g/mol. The maximum atomic E-state index is 5.35. The van der Waals surface area contributed by atoms with Crippen LogP contribution in [0, 0.1) is 5.92 Å². The largest absolute Gasteiger partial charge is 0.493 e. The topological polar surface area (TPSA) is 39.7 Å². The van der Waals surface area contributed by atoms with Crippen molar-refractivity contribution >= 4 is 0 Å². The molecule has 0 aliphatic heterocycles. The van der Waals surface area contributed by atoms with E-state index < -0.39 is 0 Å². The Hall–Kier alpha value is -1.26. The van der Waals surface area contributed by atoms with E-state index in [0.29, 0.717) is 5.92 Å². The summed E-state index contributed by atoms with van der Waals surface area (Å²) in [4.78, 5) is 0. The molecule has 4 nitrogen and oxygen atoms in total. The summed E-state index contributed by atoms with van der Waals surface area (Å²) < 4.78 is 15.6. The second-order valence-electron chi connectivity index (χ2n) is 4.91. The number of methoxy groups -OCH3 is 3. The predicted molar refractivity (Wildman–Crippen MR) is 75.1 cm³/mol. The second kappa shape index (κ2) is 6.78. The first-order valence-corrected chi connectivity index (χ1v) is 6.71. The van der Waals surface area contributed by atoms with Crippen molar-refractivity contribution in [2.45, 2.75) is 12.3 Å². The molecule has 0 amide bonds. The molecule has 0 bridgehead atoms. The number of hydrogen-bond donors (Lipinski definition) is 1. The minimum Gasteiger partial charge on any atom is -0.493 e. The molecular formula is C15H23NO3. The lowest BCUT2D eigenvalue weighted by atomic mass is 10.1. The highest BCUT2D eigenvalue weighted by Gasteiger charge is 2.38. The van der Waals surface area contributed by atoms with Gasteiger partial charge in [-0.1, -0.05) is 6.07 Å². The van der Waals surface area contributed by atoms with Gasteiger partial charge in [-0.15, -0.1) is 0 Å². The molecule has 1 aromatic carbocycles. The highest BCUT2D eigenvalue weighted by molar-refractivity contribution is 5.45. The lowest BCUT2D eigenvalue weighted by Gasteiger charge is -2.09. The molecule has 1 N–H and O–H groups in total. The summed E-state index contributed by atoms with van der Waals surface area (Å²) in [5.41, 5.74) is 1.34. The number of ether oxygens (including phenoxy) is 3. The van der Waals surface area contributed by atoms with Crippen LogP contribution >= 0.6 is 0 Å². The summed E-state index contributed by atoms with van der Waals surface area (Å²) in [6.07, 6.45) is 1.25. The fourth-order valence-corrected chi connectivity index (χ4v) is 2.43. The summed E-state index contributed by atoms with van der Waals surface area (Å²) in [7, 11) is 5.07. The summed E-state index contributed by atoms with van der Waals surface area (Å²) in [6, 6.07) is 6.22. The molecule has 106 valence electrons. The van der Waals surface area contributed by atoms with Gasteiger partial charge in [-0.25, -0.2) is 0 Å². The summed E-state index contributed by atoms with van der Waals surface area (Å²) >= 11 is 0. The summed E-state index contributed by atoms with van der Waals surface area (Å²) in [5, 5.41) is 3.42. The Morgan fingerprint density at radius 3 is 2.63 bits per heavy atom. The Morgan fingerprint density at radius 1 is 1.16 bits per heavy atom. The molecule has 0 saturated heterocycles. The molecule has 19 heavy (non-hydrogen) atoms. The Kier molecular flexibility index (Phi) is 5.05. The Labute approximate surface area is 115 Å². The Morgan fingerprint density at radius 2 is 1.95 bits per heavy atom. The van der Waals surface area contributed by atoms with Gasteiger partial charge in [0.15, 0.2) is 11.5 Å². The van der Waals surface area contributed by atoms with Crippen LogP contribution in [0.1, 0.15) is 17.9 Å². The van der Waals surface area contributed by atoms with Crippen molar-refractivity contribution in [2.75, 3.05) is 41.0 Å². The highest BCUT2D eigenvalue weighted by atomic mass is 16.5. The quantitative estimate of drug-likeness (QED) is 0.730. The van der Waals surface area contributed by atoms with Crippen LogP contribution in [0.4, 0.5) is 0 Å². The molecule has 0 spiro atoms. The fraction of sp³-hybridized carbons (Fsp3) is 0.600. The third kappa shape index (κ3) is 3.61. The minimum absolute atomic E-state index is 0.648. The number of hydrogen-bond acceptors (Lipinski definition) is 4. The van der Waals surface area contributed by atoms with E-state index in [0.717, 1.165) is 37.1 Å². The number of benzene rings is 1. The Bertz CT molecular complexity index is 408. The first kappa shape index (κ1) is 14.2. The molecule has 2 unspecified atom stereocenters. The van der Waals surface area contributed by atoms with Crippen LogP contribution in [-0.2, 0) is 4.74 Å². The van der Waals surface area contributed by atoms with Crippen molar-refractivity contribution in [3.05, 3.63) is 23.8 Å². The van der Waals surface area contributed by atoms with Crippen molar-refractivity contribution in [3.63, 3.8) is 0 Å². The molecule has 0 heterocycles. The van der Waals surface area contributed by atoms with E-state index in [1.54, 1.807) is 21.3 Å². The number of nitrogens with one attached hydrogen (secondary N) is 1. The summed E-state index contributed by atoms with van der Waals surface area (Å²) in [6.45, 7) is 2.75. The van der Waals surface area contributed by atoms with Crippen LogP contribution in [-0.4, -0.2) is 41.0 Å². The molecule has 1 fully saturated rings. The van der Waals surface area contributed by atoms with Crippen LogP contribution < -0.4 is 14.8 Å². The molecule has 0 radical (unpaired) electrons. The lowest BCUT2D eigenvalue weighted by Crippen LogP contribution is -2.21. The summed E-state index contributed by atoms with van der Waals surface area (Å²) in [5.74, 6) is 2.99. The minimum atomic E-state index is 0.648. The maximum absolute atomic E-state index is 5.35. The maximum Gasteiger partial charge on any atom is 0.160 e. The second-order valence-corrected chi connectivity index (χ2v) is 4.91. The van der Waals surface area contributed by atoms with Crippen LogP contribution in [0.3, 0.4) is 0 Å². The van der Waals surface area contributed by atoms with Gasteiger partial charge in [0.2, 0.25) is 0 Å². The monoisotopic (exact) mass is 265 g/mol. The zero-order chi connectivity index (χ0) is 13.7. The smallest absolute Gasteiger partial charge is 0.160 e. The van der Waals surface area contributed by atoms with Gasteiger partial charge in [-0.05, 0) is 42.5 Å². The fourth-order valence-electron chi connectivity index (χ4n) is 2.43. The Balaban J connectivity index is 1.87. The molecule has 4 heteroatoms. The van der Waals surface area contributed by atoms with Gasteiger partial charge in [0.05, 0.1) is 20.8 Å².